The first-order valence-corrected chi connectivity index (χ1v) is 17.6. The summed E-state index contributed by atoms with van der Waals surface area (Å²) in [5.41, 5.74) is 15.4. The summed E-state index contributed by atoms with van der Waals surface area (Å²) in [4.78, 5) is 10.0. The van der Waals surface area contributed by atoms with E-state index in [4.69, 9.17) is 9.97 Å². The molecule has 10 aromatic rings. The van der Waals surface area contributed by atoms with Crippen LogP contribution in [0.5, 0.6) is 0 Å². The standard InChI is InChI=1S/C48H32N4/c1-4-15-34(16-5-1)41-32-42(50-47(49-41)37-19-8-3-9-20-37)35-29-27-33(28-30-35)38-21-14-22-39(31-38)51-44-25-12-13-26-45(44)52-43-24-11-10-23-40(43)46(48(51)52)36-17-6-2-7-18-36/h1-32H. The van der Waals surface area contributed by atoms with Gasteiger partial charge in [0.15, 0.2) is 5.82 Å². The minimum absolute atomic E-state index is 0.715. The number of fused-ring (bicyclic) bond motifs is 5. The van der Waals surface area contributed by atoms with Gasteiger partial charge in [-0.05, 0) is 53.1 Å². The summed E-state index contributed by atoms with van der Waals surface area (Å²) in [6, 6.07) is 68.4. The Morgan fingerprint density at radius 1 is 0.346 bits per heavy atom. The quantitative estimate of drug-likeness (QED) is 0.177. The Labute approximate surface area is 301 Å². The van der Waals surface area contributed by atoms with Crippen molar-refractivity contribution in [1.82, 2.24) is 18.9 Å². The van der Waals surface area contributed by atoms with Crippen molar-refractivity contribution < 1.29 is 0 Å². The third-order valence-electron chi connectivity index (χ3n) is 9.93. The van der Waals surface area contributed by atoms with Gasteiger partial charge in [-0.25, -0.2) is 9.97 Å². The summed E-state index contributed by atoms with van der Waals surface area (Å²) in [5.74, 6) is 0.715. The summed E-state index contributed by atoms with van der Waals surface area (Å²) in [6.45, 7) is 0. The van der Waals surface area contributed by atoms with Gasteiger partial charge in [-0.2, -0.15) is 0 Å². The highest BCUT2D eigenvalue weighted by Gasteiger charge is 2.22. The predicted molar refractivity (Wildman–Crippen MR) is 215 cm³/mol. The van der Waals surface area contributed by atoms with Gasteiger partial charge in [0.25, 0.3) is 0 Å². The number of imidazole rings is 1. The Morgan fingerprint density at radius 3 is 1.56 bits per heavy atom. The van der Waals surface area contributed by atoms with Crippen LogP contribution in [0.3, 0.4) is 0 Å². The van der Waals surface area contributed by atoms with Crippen LogP contribution in [0, 0.1) is 0 Å². The van der Waals surface area contributed by atoms with Crippen molar-refractivity contribution in [2.24, 2.45) is 0 Å². The lowest BCUT2D eigenvalue weighted by Crippen LogP contribution is -1.96. The number of para-hydroxylation sites is 3. The molecule has 0 saturated carbocycles. The van der Waals surface area contributed by atoms with Crippen molar-refractivity contribution in [2.75, 3.05) is 0 Å². The van der Waals surface area contributed by atoms with Crippen LogP contribution in [0.2, 0.25) is 0 Å². The minimum atomic E-state index is 0.715. The molecule has 0 spiro atoms. The second-order valence-electron chi connectivity index (χ2n) is 13.1. The van der Waals surface area contributed by atoms with Crippen molar-refractivity contribution in [3.05, 3.63) is 194 Å². The van der Waals surface area contributed by atoms with E-state index in [9.17, 15) is 0 Å². The normalized spacial score (nSPS) is 11.5. The zero-order valence-electron chi connectivity index (χ0n) is 28.3. The molecule has 0 radical (unpaired) electrons. The largest absolute Gasteiger partial charge is 0.293 e. The van der Waals surface area contributed by atoms with Crippen LogP contribution in [-0.4, -0.2) is 18.9 Å². The Balaban J connectivity index is 1.10. The third-order valence-corrected chi connectivity index (χ3v) is 9.93. The summed E-state index contributed by atoms with van der Waals surface area (Å²) in [7, 11) is 0. The lowest BCUT2D eigenvalue weighted by Gasteiger charge is -2.12. The fourth-order valence-electron chi connectivity index (χ4n) is 7.52. The summed E-state index contributed by atoms with van der Waals surface area (Å²) >= 11 is 0. The average Bonchev–Trinajstić information content (AvgIpc) is 3.74. The smallest absolute Gasteiger partial charge is 0.160 e. The molecule has 0 aliphatic heterocycles. The van der Waals surface area contributed by atoms with E-state index < -0.39 is 0 Å². The molecular formula is C48H32N4. The Morgan fingerprint density at radius 2 is 0.865 bits per heavy atom. The van der Waals surface area contributed by atoms with Crippen LogP contribution in [0.25, 0.3) is 89.4 Å². The number of nitrogens with zero attached hydrogens (tertiary/aromatic N) is 4. The van der Waals surface area contributed by atoms with Crippen LogP contribution in [0.1, 0.15) is 0 Å². The van der Waals surface area contributed by atoms with E-state index in [1.807, 2.05) is 36.4 Å². The number of benzene rings is 7. The van der Waals surface area contributed by atoms with Crippen molar-refractivity contribution in [3.63, 3.8) is 0 Å². The number of hydrogen-bond acceptors (Lipinski definition) is 2. The molecule has 0 aliphatic rings. The molecule has 0 fully saturated rings. The van der Waals surface area contributed by atoms with Gasteiger partial charge in [0, 0.05) is 33.3 Å². The van der Waals surface area contributed by atoms with E-state index >= 15 is 0 Å². The molecule has 0 aliphatic carbocycles. The molecule has 0 saturated heterocycles. The fraction of sp³-hybridized carbons (Fsp3) is 0. The maximum atomic E-state index is 5.04. The van der Waals surface area contributed by atoms with Crippen LogP contribution in [-0.2, 0) is 0 Å². The second-order valence-corrected chi connectivity index (χ2v) is 13.1. The second kappa shape index (κ2) is 12.4. The predicted octanol–water partition coefficient (Wildman–Crippen LogP) is 12.2. The Hall–Kier alpha value is -7.04. The molecule has 10 rings (SSSR count). The fourth-order valence-corrected chi connectivity index (χ4v) is 7.52. The van der Waals surface area contributed by atoms with Gasteiger partial charge in [-0.15, -0.1) is 0 Å². The van der Waals surface area contributed by atoms with E-state index in [-0.39, 0.29) is 0 Å². The van der Waals surface area contributed by atoms with Gasteiger partial charge in [-0.3, -0.25) is 8.97 Å². The molecule has 0 unspecified atom stereocenters. The average molecular weight is 665 g/mol. The van der Waals surface area contributed by atoms with Crippen LogP contribution < -0.4 is 0 Å². The summed E-state index contributed by atoms with van der Waals surface area (Å²) in [6.07, 6.45) is 0. The SMILES string of the molecule is c1ccc(-c2cc(-c3ccc(-c4cccc(-n5c6ccccc6n6c7ccccc7c(-c7ccccc7)c56)c4)cc3)nc(-c3ccccc3)n2)cc1. The minimum Gasteiger partial charge on any atom is -0.293 e. The van der Waals surface area contributed by atoms with E-state index in [0.29, 0.717) is 5.82 Å². The summed E-state index contributed by atoms with van der Waals surface area (Å²) < 4.78 is 4.84. The van der Waals surface area contributed by atoms with E-state index in [1.165, 1.54) is 33.1 Å². The zero-order valence-corrected chi connectivity index (χ0v) is 28.3. The number of hydrogen-bond donors (Lipinski definition) is 0. The Bertz CT molecular complexity index is 2810. The first-order valence-electron chi connectivity index (χ1n) is 17.6. The molecule has 0 amide bonds. The lowest BCUT2D eigenvalue weighted by atomic mass is 10.0. The molecule has 3 aromatic heterocycles. The van der Waals surface area contributed by atoms with Gasteiger partial charge in [-0.1, -0.05) is 158 Å². The maximum Gasteiger partial charge on any atom is 0.160 e. The van der Waals surface area contributed by atoms with Crippen molar-refractivity contribution in [1.29, 1.82) is 0 Å². The lowest BCUT2D eigenvalue weighted by molar-refractivity contribution is 1.15. The van der Waals surface area contributed by atoms with E-state index in [2.05, 4.69) is 167 Å². The molecule has 4 nitrogen and oxygen atoms in total. The van der Waals surface area contributed by atoms with Crippen LogP contribution in [0.4, 0.5) is 0 Å². The molecular weight excluding hydrogens is 633 g/mol. The van der Waals surface area contributed by atoms with Gasteiger partial charge < -0.3 is 0 Å². The zero-order chi connectivity index (χ0) is 34.4. The third kappa shape index (κ3) is 5.00. The van der Waals surface area contributed by atoms with Gasteiger partial charge in [0.05, 0.1) is 27.9 Å². The van der Waals surface area contributed by atoms with Crippen molar-refractivity contribution >= 4 is 27.6 Å². The first kappa shape index (κ1) is 29.8. The van der Waals surface area contributed by atoms with E-state index in [1.54, 1.807) is 0 Å². The topological polar surface area (TPSA) is 35.1 Å². The van der Waals surface area contributed by atoms with E-state index in [0.717, 1.165) is 50.5 Å². The molecule has 52 heavy (non-hydrogen) atoms. The molecule has 0 bridgehead atoms. The first-order chi connectivity index (χ1) is 25.8. The molecule has 244 valence electrons. The molecule has 4 heteroatoms. The highest BCUT2D eigenvalue weighted by molar-refractivity contribution is 6.09. The number of aromatic nitrogens is 4. The maximum absolute atomic E-state index is 5.04. The monoisotopic (exact) mass is 664 g/mol. The van der Waals surface area contributed by atoms with Crippen LogP contribution >= 0.6 is 0 Å². The highest BCUT2D eigenvalue weighted by Crippen LogP contribution is 2.41. The van der Waals surface area contributed by atoms with Gasteiger partial charge in [0.2, 0.25) is 0 Å². The molecule has 0 N–H and O–H groups in total. The van der Waals surface area contributed by atoms with Crippen molar-refractivity contribution in [3.8, 4) is 61.8 Å². The van der Waals surface area contributed by atoms with Crippen molar-refractivity contribution in [2.45, 2.75) is 0 Å². The van der Waals surface area contributed by atoms with Crippen LogP contribution in [0.15, 0.2) is 194 Å². The molecule has 3 heterocycles. The molecule has 7 aromatic carbocycles. The summed E-state index contributed by atoms with van der Waals surface area (Å²) in [5, 5.41) is 1.24. The van der Waals surface area contributed by atoms with Gasteiger partial charge >= 0.3 is 0 Å². The Kier molecular flexibility index (Phi) is 7.10. The number of rotatable bonds is 6. The highest BCUT2D eigenvalue weighted by atomic mass is 15.1. The molecule has 0 atom stereocenters. The van der Waals surface area contributed by atoms with Gasteiger partial charge in [0.1, 0.15) is 5.65 Å².